The van der Waals surface area contributed by atoms with E-state index in [0.29, 0.717) is 22.6 Å². The molecule has 0 amide bonds. The van der Waals surface area contributed by atoms with Gasteiger partial charge >= 0.3 is 0 Å². The lowest BCUT2D eigenvalue weighted by atomic mass is 10.2. The van der Waals surface area contributed by atoms with Crippen molar-refractivity contribution in [2.45, 2.75) is 18.4 Å². The predicted octanol–water partition coefficient (Wildman–Crippen LogP) is 3.24. The van der Waals surface area contributed by atoms with Gasteiger partial charge in [0.05, 0.1) is 5.02 Å². The van der Waals surface area contributed by atoms with Crippen LogP contribution in [-0.2, 0) is 22.3 Å². The summed E-state index contributed by atoms with van der Waals surface area (Å²) in [7, 11) is -1.09. The van der Waals surface area contributed by atoms with E-state index in [0.717, 1.165) is 10.0 Å². The second-order valence-electron chi connectivity index (χ2n) is 3.69. The Labute approximate surface area is 120 Å². The third-order valence-corrected chi connectivity index (χ3v) is 4.62. The minimum atomic E-state index is -1.09. The van der Waals surface area contributed by atoms with Crippen molar-refractivity contribution in [3.63, 3.8) is 0 Å². The molecule has 4 nitrogen and oxygen atoms in total. The third-order valence-electron chi connectivity index (χ3n) is 2.16. The lowest BCUT2D eigenvalue weighted by Gasteiger charge is -2.02. The van der Waals surface area contributed by atoms with Crippen molar-refractivity contribution < 1.29 is 8.63 Å². The molecule has 0 saturated carbocycles. The van der Waals surface area contributed by atoms with Crippen LogP contribution in [0.1, 0.15) is 17.3 Å². The number of rotatable bonds is 4. The molecule has 7 heteroatoms. The van der Waals surface area contributed by atoms with Crippen LogP contribution < -0.4 is 0 Å². The molecule has 96 valence electrons. The Bertz CT molecular complexity index is 588. The van der Waals surface area contributed by atoms with E-state index in [1.165, 1.54) is 0 Å². The Morgan fingerprint density at radius 2 is 2.17 bits per heavy atom. The SMILES string of the molecule is Cc1nnc(C[S@](=O)Cc2ccc(Br)c(Cl)c2)o1. The van der Waals surface area contributed by atoms with Crippen molar-refractivity contribution in [2.75, 3.05) is 0 Å². The quantitative estimate of drug-likeness (QED) is 0.850. The highest BCUT2D eigenvalue weighted by Crippen LogP contribution is 2.24. The average Bonchev–Trinajstić information content (AvgIpc) is 2.69. The Hall–Kier alpha value is -0.720. The Balaban J connectivity index is 2.00. The average molecular weight is 350 g/mol. The van der Waals surface area contributed by atoms with Crippen LogP contribution in [0.4, 0.5) is 0 Å². The molecule has 0 N–H and O–H groups in total. The van der Waals surface area contributed by atoms with Crippen LogP contribution in [0.5, 0.6) is 0 Å². The summed E-state index contributed by atoms with van der Waals surface area (Å²) in [6.07, 6.45) is 0. The van der Waals surface area contributed by atoms with E-state index in [-0.39, 0.29) is 5.75 Å². The topological polar surface area (TPSA) is 56.0 Å². The molecule has 0 spiro atoms. The van der Waals surface area contributed by atoms with E-state index in [9.17, 15) is 4.21 Å². The minimum absolute atomic E-state index is 0.258. The fourth-order valence-electron chi connectivity index (χ4n) is 1.40. The first kappa shape index (κ1) is 13.7. The van der Waals surface area contributed by atoms with Gasteiger partial charge in [-0.15, -0.1) is 10.2 Å². The maximum absolute atomic E-state index is 11.9. The number of hydrogen-bond donors (Lipinski definition) is 0. The van der Waals surface area contributed by atoms with Crippen LogP contribution in [0.25, 0.3) is 0 Å². The minimum Gasteiger partial charge on any atom is -0.425 e. The Morgan fingerprint density at radius 3 is 2.78 bits per heavy atom. The fraction of sp³-hybridized carbons (Fsp3) is 0.273. The van der Waals surface area contributed by atoms with Crippen molar-refractivity contribution in [2.24, 2.45) is 0 Å². The van der Waals surface area contributed by atoms with E-state index >= 15 is 0 Å². The summed E-state index contributed by atoms with van der Waals surface area (Å²) in [6.45, 7) is 1.70. The highest BCUT2D eigenvalue weighted by atomic mass is 79.9. The van der Waals surface area contributed by atoms with Gasteiger partial charge in [0.2, 0.25) is 11.8 Å². The summed E-state index contributed by atoms with van der Waals surface area (Å²) in [5.74, 6) is 1.55. The van der Waals surface area contributed by atoms with Gasteiger partial charge in [-0.25, -0.2) is 0 Å². The van der Waals surface area contributed by atoms with E-state index in [2.05, 4.69) is 26.1 Å². The molecule has 0 aliphatic carbocycles. The third kappa shape index (κ3) is 3.63. The lowest BCUT2D eigenvalue weighted by Crippen LogP contribution is -2.00. The van der Waals surface area contributed by atoms with E-state index in [1.807, 2.05) is 12.1 Å². The number of aromatic nitrogens is 2. The number of hydrogen-bond acceptors (Lipinski definition) is 4. The van der Waals surface area contributed by atoms with Gasteiger partial charge in [0.15, 0.2) is 0 Å². The van der Waals surface area contributed by atoms with E-state index in [4.69, 9.17) is 16.0 Å². The van der Waals surface area contributed by atoms with Gasteiger partial charge in [-0.3, -0.25) is 4.21 Å². The van der Waals surface area contributed by atoms with Crippen LogP contribution in [0.2, 0.25) is 5.02 Å². The summed E-state index contributed by atoms with van der Waals surface area (Å²) >= 11 is 9.29. The van der Waals surface area contributed by atoms with Crippen LogP contribution in [0, 0.1) is 6.92 Å². The second kappa shape index (κ2) is 5.95. The molecule has 0 saturated heterocycles. The van der Waals surface area contributed by atoms with Gasteiger partial charge < -0.3 is 4.42 Å². The van der Waals surface area contributed by atoms with E-state index in [1.54, 1.807) is 13.0 Å². The summed E-state index contributed by atoms with van der Waals surface area (Å²) in [6, 6.07) is 5.52. The first-order chi connectivity index (χ1) is 8.54. The normalized spacial score (nSPS) is 12.6. The molecule has 1 heterocycles. The van der Waals surface area contributed by atoms with Gasteiger partial charge in [0.25, 0.3) is 0 Å². The maximum atomic E-state index is 11.9. The molecular weight excluding hydrogens is 340 g/mol. The Kier molecular flexibility index (Phi) is 4.53. The first-order valence-corrected chi connectivity index (χ1v) is 7.78. The summed E-state index contributed by atoms with van der Waals surface area (Å²) in [4.78, 5) is 0. The zero-order chi connectivity index (χ0) is 13.1. The molecule has 1 aromatic heterocycles. The van der Waals surface area contributed by atoms with Crippen LogP contribution >= 0.6 is 27.5 Å². The van der Waals surface area contributed by atoms with Gasteiger partial charge in [-0.2, -0.15) is 0 Å². The predicted molar refractivity (Wildman–Crippen MR) is 73.7 cm³/mol. The number of benzene rings is 1. The highest BCUT2D eigenvalue weighted by molar-refractivity contribution is 9.10. The molecule has 1 atom stereocenters. The standard InChI is InChI=1S/C11H10BrClN2O2S/c1-7-14-15-11(17-7)6-18(16)5-8-2-3-9(12)10(13)4-8/h2-4H,5-6H2,1H3/t18-/m1/s1. The van der Waals surface area contributed by atoms with Gasteiger partial charge in [-0.1, -0.05) is 17.7 Å². The van der Waals surface area contributed by atoms with E-state index < -0.39 is 10.8 Å². The molecule has 0 aliphatic rings. The smallest absolute Gasteiger partial charge is 0.228 e. The molecule has 1 aromatic carbocycles. The molecule has 0 unspecified atom stereocenters. The molecule has 0 radical (unpaired) electrons. The largest absolute Gasteiger partial charge is 0.425 e. The zero-order valence-electron chi connectivity index (χ0n) is 9.52. The summed E-state index contributed by atoms with van der Waals surface area (Å²) in [5.41, 5.74) is 0.915. The maximum Gasteiger partial charge on any atom is 0.228 e. The van der Waals surface area contributed by atoms with Crippen molar-refractivity contribution >= 4 is 38.3 Å². The molecule has 0 bridgehead atoms. The second-order valence-corrected chi connectivity index (χ2v) is 6.41. The molecule has 2 rings (SSSR count). The zero-order valence-corrected chi connectivity index (χ0v) is 12.7. The van der Waals surface area contributed by atoms with Gasteiger partial charge in [-0.05, 0) is 33.6 Å². The molecule has 2 aromatic rings. The van der Waals surface area contributed by atoms with Crippen LogP contribution in [-0.4, -0.2) is 14.4 Å². The molecular formula is C11H10BrClN2O2S. The summed E-state index contributed by atoms with van der Waals surface area (Å²) < 4.78 is 17.9. The van der Waals surface area contributed by atoms with Crippen LogP contribution in [0.15, 0.2) is 27.1 Å². The van der Waals surface area contributed by atoms with Gasteiger partial charge in [0.1, 0.15) is 5.75 Å². The number of nitrogens with zero attached hydrogens (tertiary/aromatic N) is 2. The molecule has 0 fully saturated rings. The summed E-state index contributed by atoms with van der Waals surface area (Å²) in [5, 5.41) is 8.12. The number of halogens is 2. The van der Waals surface area contributed by atoms with Crippen molar-refractivity contribution in [1.29, 1.82) is 0 Å². The first-order valence-electron chi connectivity index (χ1n) is 5.12. The van der Waals surface area contributed by atoms with Crippen molar-refractivity contribution in [3.05, 3.63) is 45.0 Å². The number of aryl methyl sites for hydroxylation is 1. The molecule has 18 heavy (non-hydrogen) atoms. The lowest BCUT2D eigenvalue weighted by molar-refractivity contribution is 0.483. The van der Waals surface area contributed by atoms with Crippen molar-refractivity contribution in [3.8, 4) is 0 Å². The molecule has 0 aliphatic heterocycles. The van der Waals surface area contributed by atoms with Crippen molar-refractivity contribution in [1.82, 2.24) is 10.2 Å². The monoisotopic (exact) mass is 348 g/mol. The fourth-order valence-corrected chi connectivity index (χ4v) is 2.90. The highest BCUT2D eigenvalue weighted by Gasteiger charge is 2.09. The Morgan fingerprint density at radius 1 is 1.39 bits per heavy atom. The van der Waals surface area contributed by atoms with Crippen LogP contribution in [0.3, 0.4) is 0 Å². The van der Waals surface area contributed by atoms with Gasteiger partial charge in [0, 0.05) is 27.9 Å².